The molecule has 2 aliphatic heterocycles. The number of hydrogen-bond acceptors (Lipinski definition) is 6. The van der Waals surface area contributed by atoms with Crippen LogP contribution in [0.5, 0.6) is 0 Å². The van der Waals surface area contributed by atoms with Gasteiger partial charge >= 0.3 is 0 Å². The molecule has 1 atom stereocenters. The predicted octanol–water partition coefficient (Wildman–Crippen LogP) is 4.01. The van der Waals surface area contributed by atoms with Gasteiger partial charge in [-0.2, -0.15) is 4.31 Å². The van der Waals surface area contributed by atoms with Gasteiger partial charge in [-0.15, -0.1) is 0 Å². The number of piperidine rings is 1. The molecule has 0 aromatic heterocycles. The molecule has 2 aliphatic rings. The lowest BCUT2D eigenvalue weighted by Crippen LogP contribution is -2.39. The summed E-state index contributed by atoms with van der Waals surface area (Å²) in [6, 6.07) is 16.8. The van der Waals surface area contributed by atoms with Crippen LogP contribution in [-0.2, 0) is 25.9 Å². The Hall–Kier alpha value is -2.42. The molecule has 2 aromatic rings. The van der Waals surface area contributed by atoms with Crippen LogP contribution in [0.25, 0.3) is 0 Å². The topological polar surface area (TPSA) is 88.4 Å². The van der Waals surface area contributed by atoms with Gasteiger partial charge in [-0.25, -0.2) is 8.42 Å². The van der Waals surface area contributed by atoms with E-state index in [1.807, 2.05) is 18.2 Å². The Kier molecular flexibility index (Phi) is 7.44. The molecule has 0 bridgehead atoms. The van der Waals surface area contributed by atoms with E-state index in [9.17, 15) is 13.6 Å². The Bertz CT molecular complexity index is 1010. The van der Waals surface area contributed by atoms with Crippen molar-refractivity contribution in [1.29, 1.82) is 0 Å². The third kappa shape index (κ3) is 5.31. The van der Waals surface area contributed by atoms with Crippen molar-refractivity contribution >= 4 is 15.9 Å². The first-order valence-electron chi connectivity index (χ1n) is 11.2. The number of hydrogen-bond donors (Lipinski definition) is 1. The highest BCUT2D eigenvalue weighted by molar-refractivity contribution is 7.89. The van der Waals surface area contributed by atoms with Gasteiger partial charge in [-0.1, -0.05) is 42.5 Å². The highest BCUT2D eigenvalue weighted by Crippen LogP contribution is 2.28. The largest absolute Gasteiger partial charge is 0.445 e. The minimum atomic E-state index is -3.76. The second kappa shape index (κ2) is 10.5. The second-order valence-corrected chi connectivity index (χ2v) is 10.3. The quantitative estimate of drug-likeness (QED) is 0.306. The number of ether oxygens (including phenoxy) is 2. The standard InChI is InChI=1S/C24H30N2O5S/c27-25-24(31-23-12-6-7-17-30-23)21-10-4-5-11-22(21)32(28,29)26-15-13-20(14-16-26)18-19-8-2-1-3-9-19/h1-5,8-11,20,23,27H,6-7,12-18H2/b25-24+. The highest BCUT2D eigenvalue weighted by atomic mass is 32.2. The molecule has 7 nitrogen and oxygen atoms in total. The van der Waals surface area contributed by atoms with Crippen LogP contribution in [-0.4, -0.2) is 49.8 Å². The number of nitrogens with zero attached hydrogens (tertiary/aromatic N) is 2. The molecule has 2 aromatic carbocycles. The van der Waals surface area contributed by atoms with Gasteiger partial charge in [0.2, 0.25) is 16.3 Å². The first-order chi connectivity index (χ1) is 15.6. The molecule has 0 amide bonds. The fourth-order valence-electron chi connectivity index (χ4n) is 4.38. The van der Waals surface area contributed by atoms with E-state index in [0.717, 1.165) is 32.1 Å². The molecule has 0 radical (unpaired) electrons. The van der Waals surface area contributed by atoms with E-state index in [1.54, 1.807) is 18.2 Å². The molecule has 8 heteroatoms. The zero-order valence-corrected chi connectivity index (χ0v) is 18.9. The minimum Gasteiger partial charge on any atom is -0.445 e. The third-order valence-electron chi connectivity index (χ3n) is 6.15. The average Bonchev–Trinajstić information content (AvgIpc) is 2.84. The van der Waals surface area contributed by atoms with E-state index in [2.05, 4.69) is 17.3 Å². The Morgan fingerprint density at radius 2 is 1.75 bits per heavy atom. The summed E-state index contributed by atoms with van der Waals surface area (Å²) in [4.78, 5) is 0.0881. The van der Waals surface area contributed by atoms with Gasteiger partial charge in [0.15, 0.2) is 0 Å². The maximum absolute atomic E-state index is 13.5. The van der Waals surface area contributed by atoms with Crippen molar-refractivity contribution in [3.8, 4) is 0 Å². The molecule has 4 rings (SSSR count). The van der Waals surface area contributed by atoms with Crippen molar-refractivity contribution in [2.45, 2.75) is 49.7 Å². The molecule has 0 aliphatic carbocycles. The van der Waals surface area contributed by atoms with Crippen LogP contribution in [0.1, 0.15) is 43.2 Å². The molecule has 172 valence electrons. The molecule has 0 spiro atoms. The molecule has 2 fully saturated rings. The summed E-state index contributed by atoms with van der Waals surface area (Å²) >= 11 is 0. The van der Waals surface area contributed by atoms with E-state index in [0.29, 0.717) is 32.0 Å². The molecular weight excluding hydrogens is 428 g/mol. The van der Waals surface area contributed by atoms with E-state index in [-0.39, 0.29) is 16.4 Å². The number of sulfonamides is 1. The number of oxime groups is 1. The maximum atomic E-state index is 13.5. The Morgan fingerprint density at radius 1 is 1.03 bits per heavy atom. The molecule has 1 unspecified atom stereocenters. The van der Waals surface area contributed by atoms with Crippen LogP contribution in [0.3, 0.4) is 0 Å². The van der Waals surface area contributed by atoms with E-state index >= 15 is 0 Å². The van der Waals surface area contributed by atoms with Crippen molar-refractivity contribution in [2.75, 3.05) is 19.7 Å². The predicted molar refractivity (Wildman–Crippen MR) is 121 cm³/mol. The third-order valence-corrected chi connectivity index (χ3v) is 8.10. The van der Waals surface area contributed by atoms with Crippen molar-refractivity contribution in [3.63, 3.8) is 0 Å². The monoisotopic (exact) mass is 458 g/mol. The zero-order chi connectivity index (χ0) is 22.4. The molecule has 32 heavy (non-hydrogen) atoms. The Labute approximate surface area is 189 Å². The van der Waals surface area contributed by atoms with Crippen molar-refractivity contribution in [1.82, 2.24) is 4.31 Å². The second-order valence-electron chi connectivity index (χ2n) is 8.35. The van der Waals surface area contributed by atoms with E-state index in [4.69, 9.17) is 9.47 Å². The summed E-state index contributed by atoms with van der Waals surface area (Å²) in [5.41, 5.74) is 1.53. The van der Waals surface area contributed by atoms with Gasteiger partial charge in [0, 0.05) is 19.5 Å². The number of benzene rings is 2. The molecule has 2 saturated heterocycles. The van der Waals surface area contributed by atoms with Crippen LogP contribution in [0, 0.1) is 5.92 Å². The van der Waals surface area contributed by atoms with Gasteiger partial charge in [0.05, 0.1) is 17.1 Å². The fraction of sp³-hybridized carbons (Fsp3) is 0.458. The highest BCUT2D eigenvalue weighted by Gasteiger charge is 2.33. The summed E-state index contributed by atoms with van der Waals surface area (Å²) in [5, 5.41) is 12.8. The maximum Gasteiger partial charge on any atom is 0.261 e. The molecule has 2 heterocycles. The Morgan fingerprint density at radius 3 is 2.44 bits per heavy atom. The SMILES string of the molecule is O=S(=O)(c1ccccc1/C(=N\O)OC1CCCCO1)N1CCC(Cc2ccccc2)CC1. The van der Waals surface area contributed by atoms with Crippen molar-refractivity contribution < 1.29 is 23.1 Å². The van der Waals surface area contributed by atoms with Crippen molar-refractivity contribution in [2.24, 2.45) is 11.1 Å². The molecule has 0 saturated carbocycles. The summed E-state index contributed by atoms with van der Waals surface area (Å²) in [6.07, 6.45) is 4.61. The normalized spacial score (nSPS) is 21.4. The van der Waals surface area contributed by atoms with Crippen LogP contribution in [0.15, 0.2) is 64.6 Å². The fourth-order valence-corrected chi connectivity index (χ4v) is 6.03. The van der Waals surface area contributed by atoms with Gasteiger partial charge in [0.1, 0.15) is 0 Å². The van der Waals surface area contributed by atoms with Crippen LogP contribution in [0.4, 0.5) is 0 Å². The summed E-state index contributed by atoms with van der Waals surface area (Å²) in [5.74, 6) is 0.329. The Balaban J connectivity index is 1.47. The lowest BCUT2D eigenvalue weighted by molar-refractivity contribution is -0.114. The molecule has 1 N–H and O–H groups in total. The zero-order valence-electron chi connectivity index (χ0n) is 18.1. The lowest BCUT2D eigenvalue weighted by Gasteiger charge is -2.32. The summed E-state index contributed by atoms with van der Waals surface area (Å²) < 4.78 is 39.8. The minimum absolute atomic E-state index is 0.0881. The number of rotatable bonds is 6. The van der Waals surface area contributed by atoms with Crippen LogP contribution < -0.4 is 0 Å². The summed E-state index contributed by atoms with van der Waals surface area (Å²) in [7, 11) is -3.76. The smallest absolute Gasteiger partial charge is 0.261 e. The van der Waals surface area contributed by atoms with Crippen LogP contribution in [0.2, 0.25) is 0 Å². The van der Waals surface area contributed by atoms with E-state index in [1.165, 1.54) is 15.9 Å². The van der Waals surface area contributed by atoms with Crippen LogP contribution >= 0.6 is 0 Å². The van der Waals surface area contributed by atoms with Gasteiger partial charge < -0.3 is 14.7 Å². The average molecular weight is 459 g/mol. The first kappa shape index (κ1) is 22.8. The van der Waals surface area contributed by atoms with Crippen molar-refractivity contribution in [3.05, 3.63) is 65.7 Å². The molecular formula is C24H30N2O5S. The summed E-state index contributed by atoms with van der Waals surface area (Å²) in [6.45, 7) is 1.50. The van der Waals surface area contributed by atoms with Gasteiger partial charge in [0.25, 0.3) is 5.90 Å². The van der Waals surface area contributed by atoms with Gasteiger partial charge in [-0.3, -0.25) is 0 Å². The first-order valence-corrected chi connectivity index (χ1v) is 12.7. The van der Waals surface area contributed by atoms with Gasteiger partial charge in [-0.05, 0) is 60.9 Å². The lowest BCUT2D eigenvalue weighted by atomic mass is 9.91. The van der Waals surface area contributed by atoms with E-state index < -0.39 is 16.3 Å².